The SMILES string of the molecule is CC1CCN(S(=O)(=O)Nc2nc3ccc(N)cc3s2)CC1. The first-order chi connectivity index (χ1) is 9.94. The standard InChI is InChI=1S/C13H18N4O2S2/c1-9-4-6-17(7-5-9)21(18,19)16-13-15-11-3-2-10(14)8-12(11)20-13/h2-3,8-9H,4-7,14H2,1H3,(H,15,16). The van der Waals surface area contributed by atoms with Crippen LogP contribution in [0.2, 0.25) is 0 Å². The number of nitrogens with two attached hydrogens (primary N) is 1. The fourth-order valence-electron chi connectivity index (χ4n) is 2.39. The summed E-state index contributed by atoms with van der Waals surface area (Å²) in [7, 11) is -3.52. The molecule has 1 fully saturated rings. The summed E-state index contributed by atoms with van der Waals surface area (Å²) < 4.78 is 29.7. The maximum Gasteiger partial charge on any atom is 0.303 e. The van der Waals surface area contributed by atoms with Crippen LogP contribution < -0.4 is 10.5 Å². The molecule has 2 aromatic rings. The quantitative estimate of drug-likeness (QED) is 0.847. The monoisotopic (exact) mass is 326 g/mol. The highest BCUT2D eigenvalue weighted by atomic mass is 32.2. The molecule has 3 rings (SSSR count). The highest BCUT2D eigenvalue weighted by Crippen LogP contribution is 2.29. The number of anilines is 2. The second kappa shape index (κ2) is 5.43. The van der Waals surface area contributed by atoms with Gasteiger partial charge in [-0.25, -0.2) is 9.71 Å². The Labute approximate surface area is 128 Å². The van der Waals surface area contributed by atoms with Crippen molar-refractivity contribution in [3.63, 3.8) is 0 Å². The van der Waals surface area contributed by atoms with Crippen molar-refractivity contribution in [2.45, 2.75) is 19.8 Å². The van der Waals surface area contributed by atoms with E-state index in [0.29, 0.717) is 29.8 Å². The summed E-state index contributed by atoms with van der Waals surface area (Å²) in [6.07, 6.45) is 1.80. The fourth-order valence-corrected chi connectivity index (χ4v) is 4.72. The van der Waals surface area contributed by atoms with Gasteiger partial charge in [0, 0.05) is 18.8 Å². The van der Waals surface area contributed by atoms with Gasteiger partial charge in [-0.05, 0) is 37.0 Å². The Morgan fingerprint density at radius 3 is 2.81 bits per heavy atom. The van der Waals surface area contributed by atoms with Crippen LogP contribution in [0.5, 0.6) is 0 Å². The Morgan fingerprint density at radius 2 is 2.10 bits per heavy atom. The summed E-state index contributed by atoms with van der Waals surface area (Å²) >= 11 is 1.29. The van der Waals surface area contributed by atoms with E-state index in [2.05, 4.69) is 16.6 Å². The number of benzene rings is 1. The number of nitrogens with one attached hydrogen (secondary N) is 1. The van der Waals surface area contributed by atoms with Gasteiger partial charge in [0.1, 0.15) is 0 Å². The molecular formula is C13H18N4O2S2. The summed E-state index contributed by atoms with van der Waals surface area (Å²) in [4.78, 5) is 4.29. The Kier molecular flexibility index (Phi) is 3.76. The first kappa shape index (κ1) is 14.6. The van der Waals surface area contributed by atoms with Crippen molar-refractivity contribution >= 4 is 42.6 Å². The number of aromatic nitrogens is 1. The van der Waals surface area contributed by atoms with E-state index in [1.807, 2.05) is 0 Å². The van der Waals surface area contributed by atoms with E-state index < -0.39 is 10.2 Å². The van der Waals surface area contributed by atoms with Crippen molar-refractivity contribution in [3.8, 4) is 0 Å². The van der Waals surface area contributed by atoms with Crippen LogP contribution >= 0.6 is 11.3 Å². The molecule has 1 saturated heterocycles. The lowest BCUT2D eigenvalue weighted by Crippen LogP contribution is -2.41. The molecule has 2 heterocycles. The van der Waals surface area contributed by atoms with Gasteiger partial charge in [0.2, 0.25) is 0 Å². The van der Waals surface area contributed by atoms with Gasteiger partial charge in [0.15, 0.2) is 5.13 Å². The molecule has 0 radical (unpaired) electrons. The molecule has 8 heteroatoms. The van der Waals surface area contributed by atoms with E-state index in [0.717, 1.165) is 23.1 Å². The van der Waals surface area contributed by atoms with Gasteiger partial charge in [-0.3, -0.25) is 0 Å². The minimum atomic E-state index is -3.52. The van der Waals surface area contributed by atoms with Crippen LogP contribution in [0.25, 0.3) is 10.2 Å². The minimum Gasteiger partial charge on any atom is -0.399 e. The average molecular weight is 326 g/mol. The summed E-state index contributed by atoms with van der Waals surface area (Å²) in [5.74, 6) is 0.585. The summed E-state index contributed by atoms with van der Waals surface area (Å²) in [5, 5.41) is 0.384. The van der Waals surface area contributed by atoms with E-state index in [1.165, 1.54) is 15.6 Å². The topological polar surface area (TPSA) is 88.3 Å². The Morgan fingerprint density at radius 1 is 1.38 bits per heavy atom. The molecule has 0 saturated carbocycles. The molecule has 1 aliphatic heterocycles. The molecule has 0 atom stereocenters. The van der Waals surface area contributed by atoms with Gasteiger partial charge in [-0.1, -0.05) is 18.3 Å². The molecule has 6 nitrogen and oxygen atoms in total. The minimum absolute atomic E-state index is 0.384. The number of thiazole rings is 1. The van der Waals surface area contributed by atoms with Crippen molar-refractivity contribution in [2.75, 3.05) is 23.5 Å². The van der Waals surface area contributed by atoms with Gasteiger partial charge in [-0.2, -0.15) is 12.7 Å². The molecule has 1 aliphatic rings. The van der Waals surface area contributed by atoms with Crippen LogP contribution in [0.15, 0.2) is 18.2 Å². The van der Waals surface area contributed by atoms with Crippen molar-refractivity contribution in [3.05, 3.63) is 18.2 Å². The first-order valence-electron chi connectivity index (χ1n) is 6.88. The number of nitrogen functional groups attached to an aromatic ring is 1. The van der Waals surface area contributed by atoms with Gasteiger partial charge in [0.25, 0.3) is 0 Å². The zero-order valence-electron chi connectivity index (χ0n) is 11.7. The smallest absolute Gasteiger partial charge is 0.303 e. The fraction of sp³-hybridized carbons (Fsp3) is 0.462. The van der Waals surface area contributed by atoms with Gasteiger partial charge >= 0.3 is 10.2 Å². The third-order valence-corrected chi connectivity index (χ3v) is 6.27. The predicted molar refractivity (Wildman–Crippen MR) is 86.5 cm³/mol. The number of piperidine rings is 1. The molecule has 0 spiro atoms. The molecule has 21 heavy (non-hydrogen) atoms. The molecule has 3 N–H and O–H groups in total. The zero-order valence-corrected chi connectivity index (χ0v) is 13.4. The number of hydrogen-bond donors (Lipinski definition) is 2. The molecule has 114 valence electrons. The van der Waals surface area contributed by atoms with E-state index in [9.17, 15) is 8.42 Å². The highest BCUT2D eigenvalue weighted by molar-refractivity contribution is 7.90. The van der Waals surface area contributed by atoms with Crippen LogP contribution in [0, 0.1) is 5.92 Å². The van der Waals surface area contributed by atoms with Crippen molar-refractivity contribution in [2.24, 2.45) is 5.92 Å². The normalized spacial score (nSPS) is 18.1. The van der Waals surface area contributed by atoms with E-state index in [1.54, 1.807) is 18.2 Å². The first-order valence-corrected chi connectivity index (χ1v) is 9.14. The van der Waals surface area contributed by atoms with Crippen molar-refractivity contribution < 1.29 is 8.42 Å². The summed E-state index contributed by atoms with van der Waals surface area (Å²) in [6, 6.07) is 5.35. The molecule has 0 amide bonds. The van der Waals surface area contributed by atoms with Gasteiger partial charge in [-0.15, -0.1) is 0 Å². The molecule has 0 unspecified atom stereocenters. The number of fused-ring (bicyclic) bond motifs is 1. The summed E-state index contributed by atoms with van der Waals surface area (Å²) in [5.41, 5.74) is 7.12. The third kappa shape index (κ3) is 3.12. The number of nitrogens with zero attached hydrogens (tertiary/aromatic N) is 2. The second-order valence-electron chi connectivity index (χ2n) is 5.43. The van der Waals surface area contributed by atoms with E-state index >= 15 is 0 Å². The third-order valence-electron chi connectivity index (χ3n) is 3.71. The molecule has 0 bridgehead atoms. The lowest BCUT2D eigenvalue weighted by molar-refractivity contribution is 0.289. The predicted octanol–water partition coefficient (Wildman–Crippen LogP) is 2.27. The molecule has 1 aromatic heterocycles. The maximum absolute atomic E-state index is 12.4. The van der Waals surface area contributed by atoms with Crippen LogP contribution in [-0.4, -0.2) is 30.8 Å². The maximum atomic E-state index is 12.4. The lowest BCUT2D eigenvalue weighted by atomic mass is 10.0. The van der Waals surface area contributed by atoms with Crippen molar-refractivity contribution in [1.29, 1.82) is 0 Å². The second-order valence-corrected chi connectivity index (χ2v) is 8.14. The Hall–Kier alpha value is -1.38. The average Bonchev–Trinajstić information content (AvgIpc) is 2.79. The lowest BCUT2D eigenvalue weighted by Gasteiger charge is -2.29. The number of rotatable bonds is 3. The number of hydrogen-bond acceptors (Lipinski definition) is 5. The van der Waals surface area contributed by atoms with Crippen molar-refractivity contribution in [1.82, 2.24) is 9.29 Å². The van der Waals surface area contributed by atoms with E-state index in [-0.39, 0.29) is 0 Å². The van der Waals surface area contributed by atoms with Gasteiger partial charge in [0.05, 0.1) is 10.2 Å². The molecule has 0 aliphatic carbocycles. The van der Waals surface area contributed by atoms with Gasteiger partial charge < -0.3 is 5.73 Å². The Bertz CT molecular complexity index is 749. The van der Waals surface area contributed by atoms with Crippen LogP contribution in [0.3, 0.4) is 0 Å². The Balaban J connectivity index is 1.80. The highest BCUT2D eigenvalue weighted by Gasteiger charge is 2.27. The molecule has 1 aromatic carbocycles. The van der Waals surface area contributed by atoms with Crippen LogP contribution in [0.4, 0.5) is 10.8 Å². The van der Waals surface area contributed by atoms with Crippen LogP contribution in [-0.2, 0) is 10.2 Å². The summed E-state index contributed by atoms with van der Waals surface area (Å²) in [6.45, 7) is 3.28. The largest absolute Gasteiger partial charge is 0.399 e. The van der Waals surface area contributed by atoms with Crippen LogP contribution in [0.1, 0.15) is 19.8 Å². The van der Waals surface area contributed by atoms with E-state index in [4.69, 9.17) is 5.73 Å². The molecular weight excluding hydrogens is 308 g/mol. The zero-order chi connectivity index (χ0) is 15.0.